The fraction of sp³-hybridized carbons (Fsp3) is 0.233. The molecule has 0 saturated carbocycles. The van der Waals surface area contributed by atoms with Crippen LogP contribution in [0, 0.1) is 46.8 Å². The topological polar surface area (TPSA) is 197 Å². The molecule has 57 heavy (non-hydrogen) atoms. The normalized spacial score (nSPS) is 14.4. The molecule has 0 unspecified atom stereocenters. The van der Waals surface area contributed by atoms with E-state index in [4.69, 9.17) is 0 Å². The minimum atomic E-state index is -5.17. The summed E-state index contributed by atoms with van der Waals surface area (Å²) in [4.78, 5) is 25.6. The van der Waals surface area contributed by atoms with Gasteiger partial charge >= 0.3 is 20.2 Å². The van der Waals surface area contributed by atoms with Crippen molar-refractivity contribution in [1.82, 2.24) is 0 Å². The first-order valence-electron chi connectivity index (χ1n) is 17.7. The van der Waals surface area contributed by atoms with Crippen LogP contribution in [0.3, 0.4) is 0 Å². The van der Waals surface area contributed by atoms with E-state index in [2.05, 4.69) is 0 Å². The molecule has 0 aromatic heterocycles. The summed E-state index contributed by atoms with van der Waals surface area (Å²) in [5.41, 5.74) is 8.23. The van der Waals surface area contributed by atoms with Gasteiger partial charge in [-0.1, -0.05) is 35.9 Å². The lowest BCUT2D eigenvalue weighted by atomic mass is 9.84. The van der Waals surface area contributed by atoms with E-state index in [0.717, 1.165) is 34.4 Å². The molecule has 0 heterocycles. The predicted molar refractivity (Wildman–Crippen MR) is 219 cm³/mol. The van der Waals surface area contributed by atoms with Gasteiger partial charge in [-0.05, 0) is 143 Å². The number of allylic oxidation sites excluding steroid dienone is 2. The van der Waals surface area contributed by atoms with Gasteiger partial charge in [-0.2, -0.15) is 25.3 Å². The maximum atomic E-state index is 13.4. The van der Waals surface area contributed by atoms with E-state index in [1.54, 1.807) is 57.2 Å². The van der Waals surface area contributed by atoms with E-state index in [-0.39, 0.29) is 44.9 Å². The van der Waals surface area contributed by atoms with Crippen LogP contribution in [0.15, 0.2) is 88.2 Å². The lowest BCUT2D eigenvalue weighted by molar-refractivity contribution is 0.100. The number of Topliss-reactive ketones (excluding diaryl/α,β-unsaturated/α-hetero) is 2. The molecule has 1 aliphatic carbocycles. The molecular formula is C43H43O11S3+. The van der Waals surface area contributed by atoms with Crippen molar-refractivity contribution in [1.29, 1.82) is 0 Å². The van der Waals surface area contributed by atoms with Gasteiger partial charge in [0.1, 0.15) is 5.57 Å². The molecule has 14 heteroatoms. The van der Waals surface area contributed by atoms with Crippen LogP contribution >= 0.6 is 0 Å². The molecule has 298 valence electrons. The van der Waals surface area contributed by atoms with Crippen molar-refractivity contribution in [3.05, 3.63) is 166 Å². The van der Waals surface area contributed by atoms with Gasteiger partial charge in [0.05, 0.1) is 16.5 Å². The largest absolute Gasteiger partial charge is 0.331 e. The molecule has 0 aliphatic heterocycles. The van der Waals surface area contributed by atoms with Crippen molar-refractivity contribution >= 4 is 47.5 Å². The monoisotopic (exact) mass is 831 g/mol. The summed E-state index contributed by atoms with van der Waals surface area (Å²) in [6.07, 6.45) is 3.18. The highest BCUT2D eigenvalue weighted by molar-refractivity contribution is 7.90. The quantitative estimate of drug-likeness (QED) is 0.0754. The van der Waals surface area contributed by atoms with Crippen LogP contribution in [0.5, 0.6) is 0 Å². The molecule has 4 aromatic carbocycles. The van der Waals surface area contributed by atoms with Crippen molar-refractivity contribution in [2.24, 2.45) is 0 Å². The van der Waals surface area contributed by atoms with Gasteiger partial charge in [-0.3, -0.25) is 23.2 Å². The van der Waals surface area contributed by atoms with Gasteiger partial charge < -0.3 is 0 Å². The van der Waals surface area contributed by atoms with E-state index in [1.165, 1.54) is 19.9 Å². The number of benzene rings is 4. The van der Waals surface area contributed by atoms with Crippen molar-refractivity contribution in [3.63, 3.8) is 0 Å². The summed E-state index contributed by atoms with van der Waals surface area (Å²) in [5.74, 6) is -0.692. The zero-order valence-electron chi connectivity index (χ0n) is 32.7. The maximum absolute atomic E-state index is 13.4. The lowest BCUT2D eigenvalue weighted by Gasteiger charge is -2.19. The third-order valence-electron chi connectivity index (χ3n) is 10.2. The van der Waals surface area contributed by atoms with E-state index in [9.17, 15) is 48.5 Å². The number of carbonyl (C=O) groups is 2. The highest BCUT2D eigenvalue weighted by Gasteiger charge is 2.40. The van der Waals surface area contributed by atoms with E-state index < -0.39 is 46.3 Å². The summed E-state index contributed by atoms with van der Waals surface area (Å²) in [7, 11) is -14.7. The first-order chi connectivity index (χ1) is 26.3. The van der Waals surface area contributed by atoms with Gasteiger partial charge in [0.25, 0.3) is 10.1 Å². The Kier molecular flexibility index (Phi) is 11.9. The van der Waals surface area contributed by atoms with Gasteiger partial charge in [-0.25, -0.2) is 0 Å². The standard InChI is InChI=1S/C43H42O11S3/c1-23-15-24(2)37(25(3)16-23)18-31-9-11-33(20-39(31)29(7)44)42(36-14-13-35(55(46,47)48)22-41(36)56(49,50)51)34-12-10-32(40(21-34)30(8)45)19-38-26(4)17-27(5)43(28(38)6)57(52,53)54/h9-17,20-22H,18-19H2,1-8H3,(H2-,46,47,48,49,50,51,52,53,54)/p+1. The number of hydrogen-bond acceptors (Lipinski definition) is 8. The van der Waals surface area contributed by atoms with Crippen LogP contribution in [0.4, 0.5) is 0 Å². The summed E-state index contributed by atoms with van der Waals surface area (Å²) in [6, 6.07) is 15.4. The highest BCUT2D eigenvalue weighted by Crippen LogP contribution is 2.41. The molecule has 5 rings (SSSR count). The Bertz CT molecular complexity index is 2800. The summed E-state index contributed by atoms with van der Waals surface area (Å²) in [5, 5.41) is -0.857. The first kappa shape index (κ1) is 43.2. The van der Waals surface area contributed by atoms with Gasteiger partial charge in [0.15, 0.2) is 21.7 Å². The van der Waals surface area contributed by atoms with Gasteiger partial charge in [0.2, 0.25) is 0 Å². The second kappa shape index (κ2) is 15.8. The lowest BCUT2D eigenvalue weighted by Crippen LogP contribution is -2.18. The van der Waals surface area contributed by atoms with Crippen LogP contribution in [-0.4, -0.2) is 50.5 Å². The molecule has 0 amide bonds. The summed E-state index contributed by atoms with van der Waals surface area (Å²) in [6.45, 7) is 13.6. The molecule has 1 aliphatic rings. The molecule has 3 N–H and O–H groups in total. The highest BCUT2D eigenvalue weighted by atomic mass is 32.2. The molecule has 11 nitrogen and oxygen atoms in total. The fourth-order valence-electron chi connectivity index (χ4n) is 7.73. The van der Waals surface area contributed by atoms with E-state index in [0.29, 0.717) is 51.4 Å². The van der Waals surface area contributed by atoms with Crippen molar-refractivity contribution < 1.29 is 48.5 Å². The summed E-state index contributed by atoms with van der Waals surface area (Å²) < 4.78 is 105. The molecule has 4 aromatic rings. The Labute approximate surface area is 334 Å². The number of carbonyl (C=O) groups excluding carboxylic acids is 2. The second-order valence-corrected chi connectivity index (χ2v) is 18.7. The molecule has 0 saturated heterocycles. The van der Waals surface area contributed by atoms with Crippen molar-refractivity contribution in [2.75, 3.05) is 0 Å². The molecule has 0 fully saturated rings. The number of ketones is 2. The number of rotatable bonds is 11. The molecule has 0 atom stereocenters. The third kappa shape index (κ3) is 9.12. The van der Waals surface area contributed by atoms with Crippen LogP contribution < -0.4 is 0 Å². The van der Waals surface area contributed by atoms with Crippen LogP contribution in [0.25, 0.3) is 5.57 Å². The Morgan fingerprint density at radius 3 is 1.51 bits per heavy atom. The Morgan fingerprint density at radius 2 is 1.07 bits per heavy atom. The SMILES string of the molecule is CC(=O)c1cc(C(=C2C=CC(S(=O)(=O)O)=C[C+]2S(=O)(=O)O)c2ccc(Cc3c(C)cc(C)c(S(=O)(=O)O)c3C)c(C(C)=O)c2)ccc1Cc1c(C)cc(C)cc1C. The predicted octanol–water partition coefficient (Wildman–Crippen LogP) is 7.93. The van der Waals surface area contributed by atoms with Crippen LogP contribution in [0.2, 0.25) is 0 Å². The minimum absolute atomic E-state index is 0.0747. The molecule has 0 spiro atoms. The van der Waals surface area contributed by atoms with Gasteiger partial charge in [0, 0.05) is 34.4 Å². The number of hydrogen-bond donors (Lipinski definition) is 3. The Balaban J connectivity index is 1.80. The Hall–Kier alpha value is -4.96. The zero-order chi connectivity index (χ0) is 42.5. The fourth-order valence-corrected chi connectivity index (χ4v) is 10.0. The van der Waals surface area contributed by atoms with E-state index >= 15 is 0 Å². The molecule has 0 radical (unpaired) electrons. The number of aryl methyl sites for hydroxylation is 5. The smallest absolute Gasteiger partial charge is 0.294 e. The van der Waals surface area contributed by atoms with Crippen molar-refractivity contribution in [2.45, 2.75) is 73.1 Å². The minimum Gasteiger partial charge on any atom is -0.294 e. The maximum Gasteiger partial charge on any atom is 0.331 e. The zero-order valence-corrected chi connectivity index (χ0v) is 35.1. The first-order valence-corrected chi connectivity index (χ1v) is 22.0. The average molecular weight is 832 g/mol. The van der Waals surface area contributed by atoms with Crippen LogP contribution in [-0.2, 0) is 43.2 Å². The van der Waals surface area contributed by atoms with Crippen molar-refractivity contribution in [3.8, 4) is 0 Å². The molecular weight excluding hydrogens is 789 g/mol. The van der Waals surface area contributed by atoms with Crippen LogP contribution in [0.1, 0.15) is 101 Å². The Morgan fingerprint density at radius 1 is 0.596 bits per heavy atom. The van der Waals surface area contributed by atoms with E-state index in [1.807, 2.05) is 32.9 Å². The summed E-state index contributed by atoms with van der Waals surface area (Å²) >= 11 is 0. The second-order valence-electron chi connectivity index (χ2n) is 14.5. The third-order valence-corrected chi connectivity index (χ3v) is 13.1. The molecule has 0 bridgehead atoms. The average Bonchev–Trinajstić information content (AvgIpc) is 3.07. The van der Waals surface area contributed by atoms with Gasteiger partial charge in [-0.15, -0.1) is 0 Å².